The van der Waals surface area contributed by atoms with Crippen molar-refractivity contribution in [2.75, 3.05) is 36.4 Å². The fourth-order valence-corrected chi connectivity index (χ4v) is 3.39. The van der Waals surface area contributed by atoms with E-state index in [1.54, 1.807) is 6.07 Å². The van der Waals surface area contributed by atoms with Gasteiger partial charge in [-0.15, -0.1) is 0 Å². The number of hydrogen-bond acceptors (Lipinski definition) is 2. The van der Waals surface area contributed by atoms with Crippen LogP contribution in [-0.2, 0) is 0 Å². The summed E-state index contributed by atoms with van der Waals surface area (Å²) in [7, 11) is 0. The molecule has 0 spiro atoms. The van der Waals surface area contributed by atoms with E-state index in [4.69, 9.17) is 23.2 Å². The number of urea groups is 1. The minimum atomic E-state index is -0.0567. The fraction of sp³-hybridized carbons (Fsp3) is 0.316. The number of aryl methyl sites for hydroxylation is 2. The van der Waals surface area contributed by atoms with Gasteiger partial charge in [-0.3, -0.25) is 0 Å². The minimum Gasteiger partial charge on any atom is -0.368 e. The van der Waals surface area contributed by atoms with Gasteiger partial charge >= 0.3 is 6.03 Å². The molecule has 1 saturated heterocycles. The van der Waals surface area contributed by atoms with E-state index >= 15 is 0 Å². The Bertz CT molecular complexity index is 766. The maximum Gasteiger partial charge on any atom is 0.321 e. The molecule has 0 bridgehead atoms. The van der Waals surface area contributed by atoms with Crippen LogP contribution in [0.3, 0.4) is 0 Å². The molecule has 3 rings (SSSR count). The van der Waals surface area contributed by atoms with Crippen LogP contribution in [0.25, 0.3) is 0 Å². The Morgan fingerprint density at radius 2 is 1.56 bits per heavy atom. The smallest absolute Gasteiger partial charge is 0.321 e. The van der Waals surface area contributed by atoms with E-state index < -0.39 is 0 Å². The summed E-state index contributed by atoms with van der Waals surface area (Å²) in [5.41, 5.74) is 4.15. The van der Waals surface area contributed by atoms with Crippen molar-refractivity contribution in [3.63, 3.8) is 0 Å². The number of hydrogen-bond donors (Lipinski definition) is 1. The number of halogens is 2. The maximum atomic E-state index is 12.5. The van der Waals surface area contributed by atoms with Gasteiger partial charge in [0.05, 0.1) is 10.0 Å². The molecule has 132 valence electrons. The van der Waals surface area contributed by atoms with E-state index in [2.05, 4.69) is 16.3 Å². The zero-order valence-corrected chi connectivity index (χ0v) is 15.9. The highest BCUT2D eigenvalue weighted by molar-refractivity contribution is 6.42. The lowest BCUT2D eigenvalue weighted by Crippen LogP contribution is -2.50. The van der Waals surface area contributed by atoms with Gasteiger partial charge in [-0.05, 0) is 55.3 Å². The quantitative estimate of drug-likeness (QED) is 0.801. The van der Waals surface area contributed by atoms with Gasteiger partial charge in [-0.1, -0.05) is 29.3 Å². The van der Waals surface area contributed by atoms with Gasteiger partial charge in [0.15, 0.2) is 0 Å². The van der Waals surface area contributed by atoms with Gasteiger partial charge in [-0.2, -0.15) is 0 Å². The molecular formula is C19H21Cl2N3O. The molecule has 1 fully saturated rings. The van der Waals surface area contributed by atoms with Crippen LogP contribution in [0, 0.1) is 13.8 Å². The number of benzene rings is 2. The first kappa shape index (κ1) is 17.9. The third-order valence-electron chi connectivity index (χ3n) is 4.31. The van der Waals surface area contributed by atoms with Crippen molar-refractivity contribution in [3.05, 3.63) is 57.6 Å². The minimum absolute atomic E-state index is 0.0567. The lowest BCUT2D eigenvalue weighted by atomic mass is 10.1. The summed E-state index contributed by atoms with van der Waals surface area (Å²) in [5.74, 6) is 0. The number of carbonyl (C=O) groups is 1. The van der Waals surface area contributed by atoms with Crippen LogP contribution in [0.15, 0.2) is 36.4 Å². The highest BCUT2D eigenvalue weighted by atomic mass is 35.5. The van der Waals surface area contributed by atoms with E-state index in [-0.39, 0.29) is 6.03 Å². The van der Waals surface area contributed by atoms with Crippen molar-refractivity contribution in [1.82, 2.24) is 4.90 Å². The second-order valence-electron chi connectivity index (χ2n) is 6.38. The van der Waals surface area contributed by atoms with Crippen LogP contribution < -0.4 is 10.2 Å². The maximum absolute atomic E-state index is 12.5. The number of amides is 2. The standard InChI is InChI=1S/C19H21Cl2N3O/c1-13-9-14(2)11-15(10-13)22-19(25)24-7-5-23(6-8-24)16-3-4-17(20)18(21)12-16/h3-4,9-12H,5-8H2,1-2H3,(H,22,25). The zero-order chi connectivity index (χ0) is 18.0. The lowest BCUT2D eigenvalue weighted by Gasteiger charge is -2.36. The Morgan fingerprint density at radius 1 is 0.920 bits per heavy atom. The molecule has 0 saturated carbocycles. The van der Waals surface area contributed by atoms with Crippen LogP contribution in [0.2, 0.25) is 10.0 Å². The topological polar surface area (TPSA) is 35.6 Å². The molecule has 2 aromatic rings. The molecule has 1 aliphatic rings. The number of nitrogens with zero attached hydrogens (tertiary/aromatic N) is 2. The molecule has 2 aromatic carbocycles. The number of carbonyl (C=O) groups excluding carboxylic acids is 1. The molecule has 1 N–H and O–H groups in total. The molecule has 2 amide bonds. The first-order valence-corrected chi connectivity index (χ1v) is 9.02. The summed E-state index contributed by atoms with van der Waals surface area (Å²) in [4.78, 5) is 16.5. The first-order chi connectivity index (χ1) is 11.9. The second kappa shape index (κ2) is 7.54. The van der Waals surface area contributed by atoms with Crippen molar-refractivity contribution in [3.8, 4) is 0 Å². The fourth-order valence-electron chi connectivity index (χ4n) is 3.10. The van der Waals surface area contributed by atoms with Gasteiger partial charge in [0.2, 0.25) is 0 Å². The Morgan fingerprint density at radius 3 is 2.16 bits per heavy atom. The third kappa shape index (κ3) is 4.39. The van der Waals surface area contributed by atoms with Gasteiger partial charge in [-0.25, -0.2) is 4.79 Å². The average Bonchev–Trinajstić information content (AvgIpc) is 2.56. The molecule has 1 heterocycles. The summed E-state index contributed by atoms with van der Waals surface area (Å²) < 4.78 is 0. The van der Waals surface area contributed by atoms with Crippen LogP contribution in [-0.4, -0.2) is 37.1 Å². The predicted molar refractivity (Wildman–Crippen MR) is 105 cm³/mol. The molecular weight excluding hydrogens is 357 g/mol. The van der Waals surface area contributed by atoms with Crippen LogP contribution in [0.5, 0.6) is 0 Å². The Labute approximate surface area is 158 Å². The average molecular weight is 378 g/mol. The van der Waals surface area contributed by atoms with Crippen molar-refractivity contribution in [2.24, 2.45) is 0 Å². The molecule has 0 aliphatic carbocycles. The van der Waals surface area contributed by atoms with E-state index in [1.165, 1.54) is 0 Å². The molecule has 0 unspecified atom stereocenters. The van der Waals surface area contributed by atoms with Gasteiger partial charge in [0, 0.05) is 37.6 Å². The van der Waals surface area contributed by atoms with Crippen LogP contribution in [0.1, 0.15) is 11.1 Å². The Kier molecular flexibility index (Phi) is 5.40. The summed E-state index contributed by atoms with van der Waals surface area (Å²) in [6.45, 7) is 6.90. The monoisotopic (exact) mass is 377 g/mol. The zero-order valence-electron chi connectivity index (χ0n) is 14.4. The first-order valence-electron chi connectivity index (χ1n) is 8.26. The predicted octanol–water partition coefficient (Wildman–Crippen LogP) is 4.96. The van der Waals surface area contributed by atoms with Gasteiger partial charge < -0.3 is 15.1 Å². The number of nitrogens with one attached hydrogen (secondary N) is 1. The summed E-state index contributed by atoms with van der Waals surface area (Å²) in [5, 5.41) is 4.10. The molecule has 4 nitrogen and oxygen atoms in total. The lowest BCUT2D eigenvalue weighted by molar-refractivity contribution is 0.208. The molecule has 25 heavy (non-hydrogen) atoms. The number of rotatable bonds is 2. The largest absolute Gasteiger partial charge is 0.368 e. The number of piperazine rings is 1. The van der Waals surface area contributed by atoms with Crippen molar-refractivity contribution in [1.29, 1.82) is 0 Å². The Hall–Kier alpha value is -1.91. The summed E-state index contributed by atoms with van der Waals surface area (Å²) in [6, 6.07) is 11.6. The van der Waals surface area contributed by atoms with Crippen LogP contribution >= 0.6 is 23.2 Å². The molecule has 1 aliphatic heterocycles. The SMILES string of the molecule is Cc1cc(C)cc(NC(=O)N2CCN(c3ccc(Cl)c(Cl)c3)CC2)c1. The van der Waals surface area contributed by atoms with E-state index in [0.717, 1.165) is 35.6 Å². The van der Waals surface area contributed by atoms with Crippen LogP contribution in [0.4, 0.5) is 16.2 Å². The molecule has 0 radical (unpaired) electrons. The van der Waals surface area contributed by atoms with Gasteiger partial charge in [0.1, 0.15) is 0 Å². The second-order valence-corrected chi connectivity index (χ2v) is 7.19. The number of anilines is 2. The third-order valence-corrected chi connectivity index (χ3v) is 5.05. The van der Waals surface area contributed by atoms with Crippen molar-refractivity contribution in [2.45, 2.75) is 13.8 Å². The normalized spacial score (nSPS) is 14.6. The van der Waals surface area contributed by atoms with E-state index in [9.17, 15) is 4.79 Å². The summed E-state index contributed by atoms with van der Waals surface area (Å²) >= 11 is 12.1. The molecule has 6 heteroatoms. The Balaban J connectivity index is 1.59. The molecule has 0 aromatic heterocycles. The van der Waals surface area contributed by atoms with Crippen molar-refractivity contribution >= 4 is 40.6 Å². The van der Waals surface area contributed by atoms with E-state index in [0.29, 0.717) is 23.1 Å². The molecule has 0 atom stereocenters. The highest BCUT2D eigenvalue weighted by Gasteiger charge is 2.21. The summed E-state index contributed by atoms with van der Waals surface area (Å²) in [6.07, 6.45) is 0. The van der Waals surface area contributed by atoms with E-state index in [1.807, 2.05) is 43.0 Å². The van der Waals surface area contributed by atoms with Gasteiger partial charge in [0.25, 0.3) is 0 Å². The highest BCUT2D eigenvalue weighted by Crippen LogP contribution is 2.27. The van der Waals surface area contributed by atoms with Crippen molar-refractivity contribution < 1.29 is 4.79 Å².